The van der Waals surface area contributed by atoms with Gasteiger partial charge in [-0.2, -0.15) is 12.6 Å². The molecule has 17 heavy (non-hydrogen) atoms. The van der Waals surface area contributed by atoms with Gasteiger partial charge in [0, 0.05) is 5.75 Å². The van der Waals surface area contributed by atoms with Crippen LogP contribution in [0.4, 0.5) is 0 Å². The number of thiol groups is 1. The Balaban J connectivity index is 2.36. The molecule has 0 heterocycles. The molecule has 0 aliphatic carbocycles. The quantitative estimate of drug-likeness (QED) is 0.620. The van der Waals surface area contributed by atoms with E-state index in [9.17, 15) is 0 Å². The number of hydrogen-bond acceptors (Lipinski definition) is 3. The molecule has 2 nitrogen and oxygen atoms in total. The fourth-order valence-electron chi connectivity index (χ4n) is 1.44. The summed E-state index contributed by atoms with van der Waals surface area (Å²) in [6.07, 6.45) is 0. The van der Waals surface area contributed by atoms with E-state index in [0.717, 1.165) is 11.5 Å². The fraction of sp³-hybridized carbons (Fsp3) is 0.571. The third kappa shape index (κ3) is 5.46. The van der Waals surface area contributed by atoms with E-state index in [0.29, 0.717) is 19.8 Å². The van der Waals surface area contributed by atoms with Crippen LogP contribution in [0.25, 0.3) is 0 Å². The van der Waals surface area contributed by atoms with Gasteiger partial charge in [0.25, 0.3) is 0 Å². The molecular weight excluding hydrogens is 232 g/mol. The van der Waals surface area contributed by atoms with Crippen molar-refractivity contribution in [1.82, 2.24) is 0 Å². The molecule has 0 N–H and O–H groups in total. The number of ether oxygens (including phenoxy) is 2. The van der Waals surface area contributed by atoms with Crippen LogP contribution < -0.4 is 4.74 Å². The lowest BCUT2D eigenvalue weighted by atomic mass is 9.87. The first-order chi connectivity index (χ1) is 8.04. The number of benzene rings is 1. The van der Waals surface area contributed by atoms with Crippen LogP contribution in [0.5, 0.6) is 5.75 Å². The minimum Gasteiger partial charge on any atom is -0.491 e. The van der Waals surface area contributed by atoms with Crippen molar-refractivity contribution >= 4 is 12.6 Å². The molecule has 1 aromatic carbocycles. The second-order valence-electron chi connectivity index (χ2n) is 4.96. The summed E-state index contributed by atoms with van der Waals surface area (Å²) < 4.78 is 10.9. The third-order valence-corrected chi connectivity index (χ3v) is 2.63. The first-order valence-corrected chi connectivity index (χ1v) is 6.59. The zero-order valence-electron chi connectivity index (χ0n) is 10.9. The number of hydrogen-bond donors (Lipinski definition) is 1. The van der Waals surface area contributed by atoms with Gasteiger partial charge in [-0.1, -0.05) is 32.9 Å². The normalized spacial score (nSPS) is 11.5. The van der Waals surface area contributed by atoms with E-state index >= 15 is 0 Å². The summed E-state index contributed by atoms with van der Waals surface area (Å²) in [5, 5.41) is 0. The molecule has 96 valence electrons. The van der Waals surface area contributed by atoms with Gasteiger partial charge in [0.15, 0.2) is 0 Å². The smallest absolute Gasteiger partial charge is 0.119 e. The van der Waals surface area contributed by atoms with E-state index < -0.39 is 0 Å². The highest BCUT2D eigenvalue weighted by molar-refractivity contribution is 7.80. The van der Waals surface area contributed by atoms with Crippen molar-refractivity contribution < 1.29 is 9.47 Å². The molecule has 1 aromatic rings. The first-order valence-electron chi connectivity index (χ1n) is 5.96. The second kappa shape index (κ2) is 6.92. The van der Waals surface area contributed by atoms with Crippen molar-refractivity contribution in [2.75, 3.05) is 25.6 Å². The van der Waals surface area contributed by atoms with Gasteiger partial charge >= 0.3 is 0 Å². The second-order valence-corrected chi connectivity index (χ2v) is 5.41. The van der Waals surface area contributed by atoms with Gasteiger partial charge in [-0.25, -0.2) is 0 Å². The molecule has 3 heteroatoms. The van der Waals surface area contributed by atoms with Crippen molar-refractivity contribution in [2.45, 2.75) is 26.2 Å². The van der Waals surface area contributed by atoms with Crippen LogP contribution in [0.2, 0.25) is 0 Å². The lowest BCUT2D eigenvalue weighted by Gasteiger charge is -2.19. The van der Waals surface area contributed by atoms with E-state index in [-0.39, 0.29) is 5.41 Å². The molecule has 0 radical (unpaired) electrons. The highest BCUT2D eigenvalue weighted by Crippen LogP contribution is 2.24. The monoisotopic (exact) mass is 254 g/mol. The summed E-state index contributed by atoms with van der Waals surface area (Å²) in [6.45, 7) is 8.48. The van der Waals surface area contributed by atoms with Crippen LogP contribution in [0.15, 0.2) is 24.3 Å². The number of rotatable bonds is 6. The van der Waals surface area contributed by atoms with Crippen molar-refractivity contribution in [3.63, 3.8) is 0 Å². The molecule has 0 fully saturated rings. The molecule has 0 spiro atoms. The fourth-order valence-corrected chi connectivity index (χ4v) is 1.57. The summed E-state index contributed by atoms with van der Waals surface area (Å²) in [7, 11) is 0. The first kappa shape index (κ1) is 14.4. The predicted molar refractivity (Wildman–Crippen MR) is 75.3 cm³/mol. The van der Waals surface area contributed by atoms with Crippen LogP contribution in [0.1, 0.15) is 26.3 Å². The van der Waals surface area contributed by atoms with E-state index in [1.807, 2.05) is 12.1 Å². The van der Waals surface area contributed by atoms with Crippen molar-refractivity contribution in [1.29, 1.82) is 0 Å². The zero-order valence-corrected chi connectivity index (χ0v) is 11.8. The van der Waals surface area contributed by atoms with E-state index in [1.165, 1.54) is 5.56 Å². The predicted octanol–water partition coefficient (Wildman–Crippen LogP) is 3.31. The molecule has 0 bridgehead atoms. The van der Waals surface area contributed by atoms with Gasteiger partial charge in [0.2, 0.25) is 0 Å². The highest BCUT2D eigenvalue weighted by atomic mass is 32.1. The lowest BCUT2D eigenvalue weighted by molar-refractivity contribution is 0.112. The maximum absolute atomic E-state index is 5.57. The van der Waals surface area contributed by atoms with E-state index in [2.05, 4.69) is 45.5 Å². The molecule has 1 rings (SSSR count). The van der Waals surface area contributed by atoms with Gasteiger partial charge < -0.3 is 9.47 Å². The van der Waals surface area contributed by atoms with Crippen molar-refractivity contribution in [3.8, 4) is 5.75 Å². The highest BCUT2D eigenvalue weighted by Gasteiger charge is 2.12. The van der Waals surface area contributed by atoms with Crippen LogP contribution in [0.3, 0.4) is 0 Å². The van der Waals surface area contributed by atoms with Crippen LogP contribution in [0, 0.1) is 0 Å². The summed E-state index contributed by atoms with van der Waals surface area (Å²) in [6, 6.07) is 8.26. The standard InChI is InChI=1S/C14H22O2S/c1-14(2,3)12-4-6-13(7-5-12)16-9-8-15-10-11-17/h4-7,17H,8-11H2,1-3H3. The summed E-state index contributed by atoms with van der Waals surface area (Å²) in [5.41, 5.74) is 1.50. The Kier molecular flexibility index (Phi) is 5.86. The van der Waals surface area contributed by atoms with Crippen LogP contribution in [-0.4, -0.2) is 25.6 Å². The van der Waals surface area contributed by atoms with Gasteiger partial charge in [0.05, 0.1) is 13.2 Å². The van der Waals surface area contributed by atoms with Gasteiger partial charge in [-0.15, -0.1) is 0 Å². The summed E-state index contributed by atoms with van der Waals surface area (Å²) in [5.74, 6) is 1.65. The Morgan fingerprint density at radius 1 is 1.00 bits per heavy atom. The molecule has 0 atom stereocenters. The maximum atomic E-state index is 5.57. The average Bonchev–Trinajstić information content (AvgIpc) is 2.28. The van der Waals surface area contributed by atoms with Crippen molar-refractivity contribution in [3.05, 3.63) is 29.8 Å². The molecule has 0 saturated carbocycles. The van der Waals surface area contributed by atoms with Crippen LogP contribution >= 0.6 is 12.6 Å². The maximum Gasteiger partial charge on any atom is 0.119 e. The molecule has 0 aromatic heterocycles. The Hall–Kier alpha value is -0.670. The molecular formula is C14H22O2S. The third-order valence-electron chi connectivity index (χ3n) is 2.45. The Labute approximate surface area is 110 Å². The van der Waals surface area contributed by atoms with Crippen molar-refractivity contribution in [2.24, 2.45) is 0 Å². The SMILES string of the molecule is CC(C)(C)c1ccc(OCCOCCS)cc1. The van der Waals surface area contributed by atoms with Crippen LogP contribution in [-0.2, 0) is 10.2 Å². The topological polar surface area (TPSA) is 18.5 Å². The molecule has 0 unspecified atom stereocenters. The Bertz CT molecular complexity index is 314. The molecule has 0 aliphatic rings. The summed E-state index contributed by atoms with van der Waals surface area (Å²) in [4.78, 5) is 0. The minimum absolute atomic E-state index is 0.189. The Morgan fingerprint density at radius 2 is 1.65 bits per heavy atom. The summed E-state index contributed by atoms with van der Waals surface area (Å²) >= 11 is 4.07. The molecule has 0 amide bonds. The van der Waals surface area contributed by atoms with Gasteiger partial charge in [-0.05, 0) is 23.1 Å². The molecule has 0 saturated heterocycles. The average molecular weight is 254 g/mol. The largest absolute Gasteiger partial charge is 0.491 e. The lowest BCUT2D eigenvalue weighted by Crippen LogP contribution is -2.11. The van der Waals surface area contributed by atoms with Gasteiger partial charge in [0.1, 0.15) is 12.4 Å². The zero-order chi connectivity index (χ0) is 12.7. The minimum atomic E-state index is 0.189. The Morgan fingerprint density at radius 3 is 2.18 bits per heavy atom. The van der Waals surface area contributed by atoms with E-state index in [4.69, 9.17) is 9.47 Å². The molecule has 0 aliphatic heterocycles. The van der Waals surface area contributed by atoms with E-state index in [1.54, 1.807) is 0 Å². The van der Waals surface area contributed by atoms with Gasteiger partial charge in [-0.3, -0.25) is 0 Å².